The lowest BCUT2D eigenvalue weighted by molar-refractivity contribution is 0.669. The number of benzene rings is 8. The number of fused-ring (bicyclic) bond motifs is 5. The van der Waals surface area contributed by atoms with E-state index in [1.165, 1.54) is 0 Å². The first-order valence-corrected chi connectivity index (χ1v) is 16.1. The number of nitrogens with zero attached hydrogens (tertiary/aromatic N) is 3. The molecule has 0 saturated heterocycles. The molecule has 0 N–H and O–H groups in total. The maximum absolute atomic E-state index is 9.54. The third-order valence-electron chi connectivity index (χ3n) is 8.63. The number of hydrogen-bond acceptors (Lipinski definition) is 4. The van der Waals surface area contributed by atoms with Crippen LogP contribution in [0.5, 0.6) is 0 Å². The number of hydrogen-bond donors (Lipinski definition) is 0. The molecule has 0 unspecified atom stereocenters. The van der Waals surface area contributed by atoms with Gasteiger partial charge in [-0.15, -0.1) is 0 Å². The Morgan fingerprint density at radius 2 is 0.922 bits per heavy atom. The predicted octanol–water partition coefficient (Wildman–Crippen LogP) is 12.4. The highest BCUT2D eigenvalue weighted by Crippen LogP contribution is 2.38. The van der Waals surface area contributed by atoms with Crippen molar-refractivity contribution in [1.29, 1.82) is 0 Å². The lowest BCUT2D eigenvalue weighted by Crippen LogP contribution is -2.00. The van der Waals surface area contributed by atoms with Crippen LogP contribution in [-0.2, 0) is 0 Å². The molecular weight excluding hydrogens is 623 g/mol. The van der Waals surface area contributed by atoms with Crippen LogP contribution in [0.3, 0.4) is 0 Å². The first-order valence-electron chi connectivity index (χ1n) is 22.6. The lowest BCUT2D eigenvalue weighted by Gasteiger charge is -2.11. The Hall–Kier alpha value is -6.91. The Morgan fingerprint density at radius 3 is 1.67 bits per heavy atom. The van der Waals surface area contributed by atoms with Crippen molar-refractivity contribution in [3.63, 3.8) is 0 Å². The predicted molar refractivity (Wildman–Crippen MR) is 209 cm³/mol. The highest BCUT2D eigenvalue weighted by atomic mass is 16.3. The zero-order valence-corrected chi connectivity index (χ0v) is 26.5. The summed E-state index contributed by atoms with van der Waals surface area (Å²) < 4.78 is 123. The van der Waals surface area contributed by atoms with Crippen molar-refractivity contribution in [2.24, 2.45) is 0 Å². The Labute approximate surface area is 312 Å². The monoisotopic (exact) mass is 664 g/mol. The molecule has 0 amide bonds. The molecule has 0 saturated carbocycles. The molecule has 10 rings (SSSR count). The van der Waals surface area contributed by atoms with E-state index in [0.29, 0.717) is 27.7 Å². The lowest BCUT2D eigenvalue weighted by atomic mass is 9.96. The van der Waals surface area contributed by atoms with Gasteiger partial charge in [0, 0.05) is 27.5 Å². The summed E-state index contributed by atoms with van der Waals surface area (Å²) in [4.78, 5) is 13.9. The average molecular weight is 665 g/mol. The summed E-state index contributed by atoms with van der Waals surface area (Å²) in [7, 11) is 0. The fourth-order valence-corrected chi connectivity index (χ4v) is 6.17. The smallest absolute Gasteiger partial charge is 0.164 e. The molecule has 0 fully saturated rings. The van der Waals surface area contributed by atoms with E-state index in [2.05, 4.69) is 15.0 Å². The quantitative estimate of drug-likeness (QED) is 0.184. The largest absolute Gasteiger partial charge is 0.456 e. The molecule has 10 aromatic rings. The standard InChI is InChI=1S/C47H29N3O/c1-2-9-30(10-3-1)32-17-20-33(21-18-32)45-48-46(38-25-19-31-11-4-5-12-34(31)28-38)50-47(49-45)39-26-23-35-27-37(24-22-36(35)29-39)40-14-8-16-43-44(40)41-13-6-7-15-42(41)51-43/h1-29H/i4D,5D,11D,12D,19D,22D,23D,24D,25D,26D,27D,28D,29D. The van der Waals surface area contributed by atoms with E-state index in [4.69, 9.17) is 12.6 Å². The molecule has 0 aliphatic rings. The van der Waals surface area contributed by atoms with Crippen LogP contribution >= 0.6 is 0 Å². The average Bonchev–Trinajstić information content (AvgIpc) is 3.69. The minimum Gasteiger partial charge on any atom is -0.456 e. The zero-order chi connectivity index (χ0) is 45.0. The number of rotatable bonds is 5. The fourth-order valence-electron chi connectivity index (χ4n) is 6.17. The second-order valence-electron chi connectivity index (χ2n) is 11.8. The Balaban J connectivity index is 1.25. The van der Waals surface area contributed by atoms with E-state index >= 15 is 0 Å². The van der Waals surface area contributed by atoms with Crippen LogP contribution in [0.1, 0.15) is 17.8 Å². The van der Waals surface area contributed by atoms with Crippen molar-refractivity contribution in [3.05, 3.63) is 176 Å². The summed E-state index contributed by atoms with van der Waals surface area (Å²) in [6.07, 6.45) is 0. The third-order valence-corrected chi connectivity index (χ3v) is 8.63. The summed E-state index contributed by atoms with van der Waals surface area (Å²) >= 11 is 0. The van der Waals surface area contributed by atoms with E-state index < -0.39 is 72.5 Å². The summed E-state index contributed by atoms with van der Waals surface area (Å²) in [5, 5.41) is 0.169. The van der Waals surface area contributed by atoms with Crippen LogP contribution in [0.25, 0.3) is 99.9 Å². The Morgan fingerprint density at radius 1 is 0.392 bits per heavy atom. The molecule has 238 valence electrons. The molecule has 4 nitrogen and oxygen atoms in total. The molecule has 0 radical (unpaired) electrons. The van der Waals surface area contributed by atoms with Gasteiger partial charge in [-0.2, -0.15) is 0 Å². The van der Waals surface area contributed by atoms with E-state index in [-0.39, 0.29) is 61.8 Å². The summed E-state index contributed by atoms with van der Waals surface area (Å²) in [5.41, 5.74) is 2.93. The maximum atomic E-state index is 9.54. The molecule has 2 heterocycles. The van der Waals surface area contributed by atoms with Gasteiger partial charge in [0.1, 0.15) is 11.2 Å². The maximum Gasteiger partial charge on any atom is 0.164 e. The Bertz CT molecular complexity index is 3650. The van der Waals surface area contributed by atoms with Gasteiger partial charge in [-0.25, -0.2) is 15.0 Å². The van der Waals surface area contributed by atoms with E-state index in [9.17, 15) is 9.60 Å². The third kappa shape index (κ3) is 5.22. The van der Waals surface area contributed by atoms with Gasteiger partial charge in [0.15, 0.2) is 17.5 Å². The second kappa shape index (κ2) is 11.9. The minimum atomic E-state index is -0.645. The van der Waals surface area contributed by atoms with Crippen LogP contribution in [0.4, 0.5) is 0 Å². The van der Waals surface area contributed by atoms with Gasteiger partial charge in [-0.1, -0.05) is 145 Å². The van der Waals surface area contributed by atoms with Crippen LogP contribution < -0.4 is 0 Å². The molecule has 4 heteroatoms. The number of aromatic nitrogens is 3. The zero-order valence-electron chi connectivity index (χ0n) is 39.5. The molecule has 51 heavy (non-hydrogen) atoms. The molecule has 0 aliphatic carbocycles. The van der Waals surface area contributed by atoms with Gasteiger partial charge in [-0.05, 0) is 74.1 Å². The molecule has 2 aromatic heterocycles. The van der Waals surface area contributed by atoms with E-state index in [1.54, 1.807) is 36.4 Å². The highest BCUT2D eigenvalue weighted by Gasteiger charge is 2.15. The van der Waals surface area contributed by atoms with E-state index in [1.807, 2.05) is 60.7 Å². The fraction of sp³-hybridized carbons (Fsp3) is 0. The molecule has 0 spiro atoms. The second-order valence-corrected chi connectivity index (χ2v) is 11.8. The highest BCUT2D eigenvalue weighted by molar-refractivity contribution is 6.13. The first kappa shape index (κ1) is 18.7. The van der Waals surface area contributed by atoms with Gasteiger partial charge in [0.2, 0.25) is 0 Å². The van der Waals surface area contributed by atoms with E-state index in [0.717, 1.165) is 16.5 Å². The molecule has 0 bridgehead atoms. The first-order chi connectivity index (χ1) is 30.7. The number of para-hydroxylation sites is 1. The van der Waals surface area contributed by atoms with Gasteiger partial charge in [-0.3, -0.25) is 0 Å². The van der Waals surface area contributed by atoms with Crippen molar-refractivity contribution in [2.45, 2.75) is 0 Å². The van der Waals surface area contributed by atoms with Crippen molar-refractivity contribution in [2.75, 3.05) is 0 Å². The van der Waals surface area contributed by atoms with Gasteiger partial charge >= 0.3 is 0 Å². The minimum absolute atomic E-state index is 0.0183. The SMILES string of the molecule is [2H]c1c([2H])c([2H])c2c([2H])c(-c3nc(-c4ccc(-c5ccccc5)cc4)nc(-c4c([2H])c([2H])c5c([2H])c(-c6cccc7oc8ccccc8c67)c([2H])c([2H])c5c4[2H])n3)c([2H])c([2H])c2c1[2H]. The van der Waals surface area contributed by atoms with Crippen molar-refractivity contribution >= 4 is 43.5 Å². The van der Waals surface area contributed by atoms with Gasteiger partial charge in [0.25, 0.3) is 0 Å². The van der Waals surface area contributed by atoms with Crippen LogP contribution in [0, 0.1) is 0 Å². The molecule has 8 aromatic carbocycles. The summed E-state index contributed by atoms with van der Waals surface area (Å²) in [5.74, 6) is -0.830. The summed E-state index contributed by atoms with van der Waals surface area (Å²) in [6, 6.07) is 21.9. The van der Waals surface area contributed by atoms with Crippen molar-refractivity contribution in [3.8, 4) is 56.4 Å². The molecule has 0 atom stereocenters. The Kier molecular flexibility index (Phi) is 4.37. The summed E-state index contributed by atoms with van der Waals surface area (Å²) in [6.45, 7) is 0. The van der Waals surface area contributed by atoms with Crippen molar-refractivity contribution < 1.29 is 22.2 Å². The molecular formula is C47H29N3O. The molecule has 0 aliphatic heterocycles. The van der Waals surface area contributed by atoms with Crippen LogP contribution in [0.15, 0.2) is 180 Å². The van der Waals surface area contributed by atoms with Crippen molar-refractivity contribution in [1.82, 2.24) is 15.0 Å². The van der Waals surface area contributed by atoms with Gasteiger partial charge in [0.05, 0.1) is 17.8 Å². The number of furan rings is 1. The van der Waals surface area contributed by atoms with Crippen LogP contribution in [-0.4, -0.2) is 15.0 Å². The van der Waals surface area contributed by atoms with Gasteiger partial charge < -0.3 is 4.42 Å². The van der Waals surface area contributed by atoms with Crippen LogP contribution in [0.2, 0.25) is 0 Å². The normalized spacial score (nSPS) is 15.1. The topological polar surface area (TPSA) is 51.8 Å².